The van der Waals surface area contributed by atoms with Gasteiger partial charge in [0.1, 0.15) is 5.82 Å². The Labute approximate surface area is 116 Å². The zero-order valence-electron chi connectivity index (χ0n) is 9.93. The van der Waals surface area contributed by atoms with Crippen molar-refractivity contribution in [2.24, 2.45) is 0 Å². The van der Waals surface area contributed by atoms with Crippen molar-refractivity contribution in [3.05, 3.63) is 28.5 Å². The summed E-state index contributed by atoms with van der Waals surface area (Å²) in [5, 5.41) is 2.41. The van der Waals surface area contributed by atoms with E-state index in [1.54, 1.807) is 0 Å². The second kappa shape index (κ2) is 5.40. The maximum absolute atomic E-state index is 13.3. The van der Waals surface area contributed by atoms with Crippen LogP contribution >= 0.6 is 15.9 Å². The van der Waals surface area contributed by atoms with Crippen molar-refractivity contribution in [2.45, 2.75) is 18.8 Å². The molecule has 0 saturated carbocycles. The van der Waals surface area contributed by atoms with Gasteiger partial charge in [-0.2, -0.15) is 0 Å². The van der Waals surface area contributed by atoms with Gasteiger partial charge in [0.05, 0.1) is 11.0 Å². The third-order valence-corrected chi connectivity index (χ3v) is 3.49. The number of nitrogens with zero attached hydrogens (tertiary/aromatic N) is 1. The number of hydrogen-bond donors (Lipinski definition) is 1. The van der Waals surface area contributed by atoms with Gasteiger partial charge in [-0.15, -0.1) is 0 Å². The molecule has 1 aromatic carbocycles. The number of amides is 2. The first-order valence-corrected chi connectivity index (χ1v) is 6.55. The van der Waals surface area contributed by atoms with Crippen LogP contribution in [-0.4, -0.2) is 29.9 Å². The zero-order chi connectivity index (χ0) is 14.0. The lowest BCUT2D eigenvalue weighted by atomic mass is 10.1. The number of carbonyl (C=O) groups excluding carboxylic acids is 1. The average molecular weight is 337 g/mol. The molecule has 0 aromatic heterocycles. The lowest BCUT2D eigenvalue weighted by molar-refractivity contribution is -0.0510. The molecule has 2 amide bonds. The summed E-state index contributed by atoms with van der Waals surface area (Å²) in [4.78, 5) is 12.8. The fourth-order valence-electron chi connectivity index (χ4n) is 1.92. The van der Waals surface area contributed by atoms with Gasteiger partial charge in [0, 0.05) is 18.7 Å². The molecular weight excluding hydrogens is 325 g/mol. The zero-order valence-corrected chi connectivity index (χ0v) is 11.5. The minimum Gasteiger partial charge on any atom is -0.318 e. The lowest BCUT2D eigenvalue weighted by Gasteiger charge is -2.32. The smallest absolute Gasteiger partial charge is 0.318 e. The van der Waals surface area contributed by atoms with Crippen LogP contribution in [0.2, 0.25) is 0 Å². The minimum atomic E-state index is -2.85. The third-order valence-electron chi connectivity index (χ3n) is 2.85. The van der Waals surface area contributed by atoms with Crippen LogP contribution in [0.3, 0.4) is 0 Å². The number of nitrogens with one attached hydrogen (secondary N) is 1. The number of anilines is 1. The molecule has 19 heavy (non-hydrogen) atoms. The second-order valence-corrected chi connectivity index (χ2v) is 5.29. The molecule has 1 aliphatic heterocycles. The van der Waals surface area contributed by atoms with Crippen molar-refractivity contribution in [1.82, 2.24) is 4.90 Å². The largest absolute Gasteiger partial charge is 0.322 e. The first kappa shape index (κ1) is 14.2. The fourth-order valence-corrected chi connectivity index (χ4v) is 2.16. The molecule has 7 heteroatoms. The standard InChI is InChI=1S/C12H12BrF3N2O/c13-9-3-2-8(6-10(9)14)17-11(19)18-5-1-4-12(15,16)7-18/h2-3,6H,1,4-5,7H2,(H,17,19). The number of hydrogen-bond acceptors (Lipinski definition) is 1. The molecule has 0 spiro atoms. The van der Waals surface area contributed by atoms with E-state index in [9.17, 15) is 18.0 Å². The normalized spacial score (nSPS) is 18.2. The van der Waals surface area contributed by atoms with Crippen LogP contribution in [0.5, 0.6) is 0 Å². The van der Waals surface area contributed by atoms with E-state index in [0.717, 1.165) is 11.0 Å². The number of halogens is 4. The maximum atomic E-state index is 13.3. The van der Waals surface area contributed by atoms with Crippen LogP contribution in [0.15, 0.2) is 22.7 Å². The van der Waals surface area contributed by atoms with Crippen LogP contribution in [0.1, 0.15) is 12.8 Å². The van der Waals surface area contributed by atoms with E-state index in [0.29, 0.717) is 0 Å². The quantitative estimate of drug-likeness (QED) is 0.829. The summed E-state index contributed by atoms with van der Waals surface area (Å²) in [5.41, 5.74) is 0.236. The Morgan fingerprint density at radius 1 is 1.42 bits per heavy atom. The van der Waals surface area contributed by atoms with E-state index in [1.165, 1.54) is 12.1 Å². The van der Waals surface area contributed by atoms with Crippen molar-refractivity contribution in [3.63, 3.8) is 0 Å². The minimum absolute atomic E-state index is 0.205. The van der Waals surface area contributed by atoms with E-state index < -0.39 is 24.3 Å². The maximum Gasteiger partial charge on any atom is 0.322 e. The summed E-state index contributed by atoms with van der Waals surface area (Å²) >= 11 is 2.99. The molecule has 1 aliphatic rings. The molecule has 1 aromatic rings. The predicted octanol–water partition coefficient (Wildman–Crippen LogP) is 3.85. The molecule has 104 valence electrons. The van der Waals surface area contributed by atoms with Crippen LogP contribution in [0, 0.1) is 5.82 Å². The van der Waals surface area contributed by atoms with E-state index in [2.05, 4.69) is 21.2 Å². The Morgan fingerprint density at radius 2 is 2.16 bits per heavy atom. The first-order valence-electron chi connectivity index (χ1n) is 5.76. The number of urea groups is 1. The highest BCUT2D eigenvalue weighted by Gasteiger charge is 2.37. The highest BCUT2D eigenvalue weighted by Crippen LogP contribution is 2.27. The Balaban J connectivity index is 2.02. The molecule has 0 unspecified atom stereocenters. The molecule has 0 bridgehead atoms. The van der Waals surface area contributed by atoms with Crippen LogP contribution in [0.25, 0.3) is 0 Å². The molecule has 0 atom stereocenters. The van der Waals surface area contributed by atoms with Crippen LogP contribution < -0.4 is 5.32 Å². The third kappa shape index (κ3) is 3.62. The Bertz CT molecular complexity index is 496. The number of rotatable bonds is 1. The lowest BCUT2D eigenvalue weighted by Crippen LogP contribution is -2.47. The van der Waals surface area contributed by atoms with Crippen LogP contribution in [-0.2, 0) is 0 Å². The van der Waals surface area contributed by atoms with Crippen LogP contribution in [0.4, 0.5) is 23.7 Å². The monoisotopic (exact) mass is 336 g/mol. The molecule has 1 fully saturated rings. The first-order chi connectivity index (χ1) is 8.87. The molecular formula is C12H12BrF3N2O. The molecule has 2 rings (SSSR count). The predicted molar refractivity (Wildman–Crippen MR) is 68.9 cm³/mol. The molecule has 1 saturated heterocycles. The molecule has 0 radical (unpaired) electrons. The van der Waals surface area contributed by atoms with Gasteiger partial charge in [0.15, 0.2) is 0 Å². The van der Waals surface area contributed by atoms with Gasteiger partial charge in [-0.3, -0.25) is 0 Å². The van der Waals surface area contributed by atoms with Crippen molar-refractivity contribution < 1.29 is 18.0 Å². The van der Waals surface area contributed by atoms with Gasteiger partial charge in [-0.1, -0.05) is 0 Å². The van der Waals surface area contributed by atoms with Crippen molar-refractivity contribution in [2.75, 3.05) is 18.4 Å². The molecule has 0 aliphatic carbocycles. The van der Waals surface area contributed by atoms with Crippen molar-refractivity contribution in [1.29, 1.82) is 0 Å². The van der Waals surface area contributed by atoms with Crippen molar-refractivity contribution >= 4 is 27.6 Å². The Kier molecular flexibility index (Phi) is 4.03. The van der Waals surface area contributed by atoms with Gasteiger partial charge < -0.3 is 10.2 Å². The summed E-state index contributed by atoms with van der Waals surface area (Å²) in [5.74, 6) is -3.37. The second-order valence-electron chi connectivity index (χ2n) is 4.44. The van der Waals surface area contributed by atoms with Gasteiger partial charge in [0.25, 0.3) is 5.92 Å². The van der Waals surface area contributed by atoms with Gasteiger partial charge in [-0.25, -0.2) is 18.0 Å². The molecule has 3 nitrogen and oxygen atoms in total. The van der Waals surface area contributed by atoms with E-state index in [1.807, 2.05) is 0 Å². The molecule has 1 N–H and O–H groups in total. The Morgan fingerprint density at radius 3 is 2.79 bits per heavy atom. The van der Waals surface area contributed by atoms with Gasteiger partial charge in [0.2, 0.25) is 0 Å². The summed E-state index contributed by atoms with van der Waals surface area (Å²) in [7, 11) is 0. The topological polar surface area (TPSA) is 32.3 Å². The SMILES string of the molecule is O=C(Nc1ccc(Br)c(F)c1)N1CCCC(F)(F)C1. The fraction of sp³-hybridized carbons (Fsp3) is 0.417. The summed E-state index contributed by atoms with van der Waals surface area (Å²) < 4.78 is 39.9. The number of likely N-dealkylation sites (tertiary alicyclic amines) is 1. The number of piperidine rings is 1. The Hall–Kier alpha value is -1.24. The molecule has 1 heterocycles. The van der Waals surface area contributed by atoms with Gasteiger partial charge >= 0.3 is 6.03 Å². The number of benzene rings is 1. The van der Waals surface area contributed by atoms with E-state index in [-0.39, 0.29) is 29.5 Å². The average Bonchev–Trinajstić information content (AvgIpc) is 2.32. The van der Waals surface area contributed by atoms with Crippen molar-refractivity contribution in [3.8, 4) is 0 Å². The summed E-state index contributed by atoms with van der Waals surface area (Å²) in [6.45, 7) is -0.321. The summed E-state index contributed by atoms with van der Waals surface area (Å²) in [6, 6.07) is 3.42. The summed E-state index contributed by atoms with van der Waals surface area (Å²) in [6.07, 6.45) is 0.0544. The number of carbonyl (C=O) groups is 1. The van der Waals surface area contributed by atoms with E-state index in [4.69, 9.17) is 0 Å². The highest BCUT2D eigenvalue weighted by atomic mass is 79.9. The van der Waals surface area contributed by atoms with Gasteiger partial charge in [-0.05, 0) is 40.5 Å². The number of alkyl halides is 2. The highest BCUT2D eigenvalue weighted by molar-refractivity contribution is 9.10. The van der Waals surface area contributed by atoms with E-state index >= 15 is 0 Å².